The molecule has 1 rings (SSSR count). The van der Waals surface area contributed by atoms with E-state index < -0.39 is 12.6 Å². The van der Waals surface area contributed by atoms with Gasteiger partial charge in [-0.1, -0.05) is 11.8 Å². The van der Waals surface area contributed by atoms with Gasteiger partial charge in [-0.05, 0) is 36.1 Å². The Hall–Kier alpha value is -2.26. The molecule has 0 amide bonds. The van der Waals surface area contributed by atoms with Crippen LogP contribution in [0.4, 0.5) is 4.39 Å². The number of carbonyl (C=O) groups is 1. The van der Waals surface area contributed by atoms with Crippen LogP contribution in [0.2, 0.25) is 0 Å². The summed E-state index contributed by atoms with van der Waals surface area (Å²) >= 11 is 0. The van der Waals surface area contributed by atoms with Crippen molar-refractivity contribution in [2.24, 2.45) is 0 Å². The summed E-state index contributed by atoms with van der Waals surface area (Å²) in [6.45, 7) is -0.698. The summed E-state index contributed by atoms with van der Waals surface area (Å²) < 4.78 is 16.2. The van der Waals surface area contributed by atoms with Gasteiger partial charge in [-0.25, -0.2) is 9.18 Å². The maximum atomic E-state index is 11.6. The van der Waals surface area contributed by atoms with Crippen LogP contribution in [0.5, 0.6) is 0 Å². The van der Waals surface area contributed by atoms with Crippen molar-refractivity contribution in [3.63, 3.8) is 0 Å². The lowest BCUT2D eigenvalue weighted by molar-refractivity contribution is 0.0601. The Kier molecular flexibility index (Phi) is 4.63. The van der Waals surface area contributed by atoms with Crippen LogP contribution in [-0.4, -0.2) is 19.8 Å². The third kappa shape index (κ3) is 3.48. The minimum absolute atomic E-state index is 0.392. The van der Waals surface area contributed by atoms with Crippen LogP contribution in [0, 0.1) is 23.7 Å². The maximum absolute atomic E-state index is 11.6. The fraction of sp³-hybridized carbons (Fsp3) is 0.154. The van der Waals surface area contributed by atoms with Crippen LogP contribution < -0.4 is 0 Å². The Bertz CT molecular complexity index is 481. The van der Waals surface area contributed by atoms with Gasteiger partial charge in [0, 0.05) is 5.56 Å². The zero-order chi connectivity index (χ0) is 11.8. The molecule has 0 spiro atoms. The summed E-state index contributed by atoms with van der Waals surface area (Å²) in [7, 11) is 1.32. The number of ether oxygens (including phenoxy) is 1. The molecule has 1 aromatic rings. The summed E-state index contributed by atoms with van der Waals surface area (Å²) in [5, 5.41) is 0. The van der Waals surface area contributed by atoms with Gasteiger partial charge in [-0.15, -0.1) is 0 Å². The van der Waals surface area contributed by atoms with E-state index in [9.17, 15) is 9.18 Å². The van der Waals surface area contributed by atoms with Crippen LogP contribution in [-0.2, 0) is 4.74 Å². The lowest BCUT2D eigenvalue weighted by Gasteiger charge is -1.97. The zero-order valence-corrected chi connectivity index (χ0v) is 8.71. The molecule has 2 nitrogen and oxygen atoms in total. The number of alkyl halides is 1. The molecule has 16 heavy (non-hydrogen) atoms. The quantitative estimate of drug-likeness (QED) is 0.528. The van der Waals surface area contributed by atoms with Gasteiger partial charge in [0.05, 0.1) is 12.7 Å². The highest BCUT2D eigenvalue weighted by molar-refractivity contribution is 5.89. The molecule has 3 heteroatoms. The van der Waals surface area contributed by atoms with Gasteiger partial charge < -0.3 is 4.74 Å². The maximum Gasteiger partial charge on any atom is 0.337 e. The van der Waals surface area contributed by atoms with E-state index in [2.05, 4.69) is 28.4 Å². The van der Waals surface area contributed by atoms with Gasteiger partial charge in [0.2, 0.25) is 0 Å². The molecule has 0 bridgehead atoms. The lowest BCUT2D eigenvalue weighted by atomic mass is 10.1. The second kappa shape index (κ2) is 6.27. The number of esters is 1. The summed E-state index contributed by atoms with van der Waals surface area (Å²) in [6, 6.07) is 6.57. The monoisotopic (exact) mass is 216 g/mol. The van der Waals surface area contributed by atoms with Crippen molar-refractivity contribution >= 4 is 5.97 Å². The van der Waals surface area contributed by atoms with Crippen molar-refractivity contribution in [2.75, 3.05) is 13.8 Å². The first kappa shape index (κ1) is 11.8. The number of halogens is 1. The highest BCUT2D eigenvalue weighted by atomic mass is 19.1. The topological polar surface area (TPSA) is 26.3 Å². The minimum Gasteiger partial charge on any atom is -0.465 e. The predicted molar refractivity (Wildman–Crippen MR) is 58.4 cm³/mol. The summed E-state index contributed by atoms with van der Waals surface area (Å²) in [6.07, 6.45) is 0. The highest BCUT2D eigenvalue weighted by Gasteiger charge is 2.02. The number of methoxy groups -OCH3 is 1. The summed E-state index contributed by atoms with van der Waals surface area (Å²) in [5.41, 5.74) is 1.17. The average molecular weight is 216 g/mol. The van der Waals surface area contributed by atoms with Crippen molar-refractivity contribution in [3.05, 3.63) is 35.4 Å². The van der Waals surface area contributed by atoms with E-state index in [0.717, 1.165) is 0 Å². The molecule has 1 aromatic carbocycles. The van der Waals surface area contributed by atoms with E-state index in [1.165, 1.54) is 7.11 Å². The Morgan fingerprint density at radius 1 is 1.31 bits per heavy atom. The molecular formula is C13H9FO2. The first-order chi connectivity index (χ1) is 7.77. The molecule has 0 saturated heterocycles. The molecule has 0 radical (unpaired) electrons. The van der Waals surface area contributed by atoms with Crippen LogP contribution in [0.3, 0.4) is 0 Å². The number of benzene rings is 1. The van der Waals surface area contributed by atoms with E-state index >= 15 is 0 Å². The fourth-order valence-electron chi connectivity index (χ4n) is 0.989. The summed E-state index contributed by atoms with van der Waals surface area (Å²) in [4.78, 5) is 11.1. The first-order valence-electron chi connectivity index (χ1n) is 4.51. The SMILES string of the molecule is COC(=O)c1ccc(C#CC#CCF)cc1. The van der Waals surface area contributed by atoms with Crippen molar-refractivity contribution < 1.29 is 13.9 Å². The molecule has 0 heterocycles. The van der Waals surface area contributed by atoms with Gasteiger partial charge in [0.25, 0.3) is 0 Å². The van der Waals surface area contributed by atoms with E-state index in [4.69, 9.17) is 0 Å². The van der Waals surface area contributed by atoms with Crippen LogP contribution in [0.1, 0.15) is 15.9 Å². The molecule has 0 aliphatic carbocycles. The highest BCUT2D eigenvalue weighted by Crippen LogP contribution is 2.04. The smallest absolute Gasteiger partial charge is 0.337 e. The second-order valence-electron chi connectivity index (χ2n) is 2.75. The van der Waals surface area contributed by atoms with Gasteiger partial charge in [-0.3, -0.25) is 0 Å². The minimum atomic E-state index is -0.698. The fourth-order valence-corrected chi connectivity index (χ4v) is 0.989. The molecular weight excluding hydrogens is 207 g/mol. The van der Waals surface area contributed by atoms with Gasteiger partial charge in [0.15, 0.2) is 6.67 Å². The predicted octanol–water partition coefficient (Wildman–Crippen LogP) is 1.80. The first-order valence-corrected chi connectivity index (χ1v) is 4.51. The van der Waals surface area contributed by atoms with Crippen LogP contribution in [0.15, 0.2) is 24.3 Å². The molecule has 0 saturated carbocycles. The Morgan fingerprint density at radius 3 is 2.56 bits per heavy atom. The molecule has 0 N–H and O–H groups in total. The number of rotatable bonds is 1. The zero-order valence-electron chi connectivity index (χ0n) is 8.71. The molecule has 80 valence electrons. The Balaban J connectivity index is 2.78. The molecule has 0 fully saturated rings. The normalized spacial score (nSPS) is 8.12. The van der Waals surface area contributed by atoms with E-state index in [1.807, 2.05) is 0 Å². The van der Waals surface area contributed by atoms with Crippen molar-refractivity contribution in [1.82, 2.24) is 0 Å². The number of hydrogen-bond acceptors (Lipinski definition) is 2. The number of hydrogen-bond donors (Lipinski definition) is 0. The largest absolute Gasteiger partial charge is 0.465 e. The second-order valence-corrected chi connectivity index (χ2v) is 2.75. The van der Waals surface area contributed by atoms with E-state index in [-0.39, 0.29) is 0 Å². The Morgan fingerprint density at radius 2 is 2.00 bits per heavy atom. The standard InChI is InChI=1S/C13H9FO2/c1-16-13(15)12-8-6-11(7-9-12)5-3-2-4-10-14/h6-9H,10H2,1H3. The molecule has 0 aliphatic rings. The van der Waals surface area contributed by atoms with E-state index in [1.54, 1.807) is 24.3 Å². The van der Waals surface area contributed by atoms with Gasteiger partial charge >= 0.3 is 5.97 Å². The summed E-state index contributed by atoms with van der Waals surface area (Å²) in [5.74, 6) is 9.37. The van der Waals surface area contributed by atoms with Crippen molar-refractivity contribution in [2.45, 2.75) is 0 Å². The van der Waals surface area contributed by atoms with Crippen LogP contribution >= 0.6 is 0 Å². The molecule has 0 unspecified atom stereocenters. The average Bonchev–Trinajstić information content (AvgIpc) is 2.34. The van der Waals surface area contributed by atoms with Crippen molar-refractivity contribution in [3.8, 4) is 23.7 Å². The third-order valence-electron chi connectivity index (χ3n) is 1.73. The van der Waals surface area contributed by atoms with E-state index in [0.29, 0.717) is 11.1 Å². The molecule has 0 aliphatic heterocycles. The van der Waals surface area contributed by atoms with Gasteiger partial charge in [-0.2, -0.15) is 0 Å². The lowest BCUT2D eigenvalue weighted by Crippen LogP contribution is -2.00. The molecule has 0 atom stereocenters. The third-order valence-corrected chi connectivity index (χ3v) is 1.73. The van der Waals surface area contributed by atoms with Gasteiger partial charge in [0.1, 0.15) is 0 Å². The number of carbonyl (C=O) groups excluding carboxylic acids is 1. The molecule has 0 aromatic heterocycles. The van der Waals surface area contributed by atoms with Crippen molar-refractivity contribution in [1.29, 1.82) is 0 Å². The Labute approximate surface area is 93.4 Å². The van der Waals surface area contributed by atoms with Crippen LogP contribution in [0.25, 0.3) is 0 Å².